The maximum absolute atomic E-state index is 10.5. The monoisotopic (exact) mass is 207 g/mol. The molecule has 1 aromatic rings. The van der Waals surface area contributed by atoms with E-state index in [2.05, 4.69) is 14.9 Å². The standard InChI is InChI=1S/C10H13N3O2/c14-8-9-1-2-11-10(12-9)7-13-3-5-15-6-4-13/h1-2,8H,3-7H2. The average molecular weight is 207 g/mol. The Bertz CT molecular complexity index is 337. The van der Waals surface area contributed by atoms with Crippen LogP contribution in [0.3, 0.4) is 0 Å². The highest BCUT2D eigenvalue weighted by Gasteiger charge is 2.11. The van der Waals surface area contributed by atoms with Crippen molar-refractivity contribution in [1.82, 2.24) is 14.9 Å². The number of aromatic nitrogens is 2. The van der Waals surface area contributed by atoms with E-state index in [0.29, 0.717) is 18.1 Å². The smallest absolute Gasteiger partial charge is 0.168 e. The highest BCUT2D eigenvalue weighted by atomic mass is 16.5. The predicted molar refractivity (Wildman–Crippen MR) is 53.5 cm³/mol. The number of hydrogen-bond acceptors (Lipinski definition) is 5. The Kier molecular flexibility index (Phi) is 3.37. The summed E-state index contributed by atoms with van der Waals surface area (Å²) in [5.41, 5.74) is 0.438. The second kappa shape index (κ2) is 4.95. The second-order valence-corrected chi connectivity index (χ2v) is 3.40. The highest BCUT2D eigenvalue weighted by Crippen LogP contribution is 2.02. The van der Waals surface area contributed by atoms with Gasteiger partial charge in [0.25, 0.3) is 0 Å². The molecule has 0 bridgehead atoms. The molecule has 0 spiro atoms. The van der Waals surface area contributed by atoms with Crippen molar-refractivity contribution in [3.63, 3.8) is 0 Å². The topological polar surface area (TPSA) is 55.3 Å². The predicted octanol–water partition coefficient (Wildman–Crippen LogP) is 0.121. The molecule has 0 N–H and O–H groups in total. The first-order valence-corrected chi connectivity index (χ1v) is 4.95. The summed E-state index contributed by atoms with van der Waals surface area (Å²) in [5, 5.41) is 0. The summed E-state index contributed by atoms with van der Waals surface area (Å²) in [5.74, 6) is 0.696. The number of hydrogen-bond donors (Lipinski definition) is 0. The first-order valence-electron chi connectivity index (χ1n) is 4.95. The lowest BCUT2D eigenvalue weighted by Gasteiger charge is -2.25. The Hall–Kier alpha value is -1.33. The molecule has 0 amide bonds. The van der Waals surface area contributed by atoms with Gasteiger partial charge in [0.15, 0.2) is 6.29 Å². The lowest BCUT2D eigenvalue weighted by molar-refractivity contribution is 0.0330. The number of ether oxygens (including phenoxy) is 1. The van der Waals surface area contributed by atoms with E-state index in [-0.39, 0.29) is 0 Å². The van der Waals surface area contributed by atoms with Crippen LogP contribution in [0.2, 0.25) is 0 Å². The van der Waals surface area contributed by atoms with Gasteiger partial charge in [-0.15, -0.1) is 0 Å². The molecule has 15 heavy (non-hydrogen) atoms. The Morgan fingerprint density at radius 2 is 2.27 bits per heavy atom. The van der Waals surface area contributed by atoms with Gasteiger partial charge in [0.1, 0.15) is 11.5 Å². The molecule has 1 aromatic heterocycles. The minimum absolute atomic E-state index is 0.438. The lowest BCUT2D eigenvalue weighted by Crippen LogP contribution is -2.36. The van der Waals surface area contributed by atoms with E-state index in [1.807, 2.05) is 0 Å². The van der Waals surface area contributed by atoms with E-state index in [1.54, 1.807) is 12.3 Å². The van der Waals surface area contributed by atoms with Crippen LogP contribution in [0.15, 0.2) is 12.3 Å². The van der Waals surface area contributed by atoms with Gasteiger partial charge in [-0.05, 0) is 6.07 Å². The third kappa shape index (κ3) is 2.81. The van der Waals surface area contributed by atoms with Gasteiger partial charge in [-0.1, -0.05) is 0 Å². The van der Waals surface area contributed by atoms with Crippen LogP contribution in [0, 0.1) is 0 Å². The van der Waals surface area contributed by atoms with Crippen molar-refractivity contribution >= 4 is 6.29 Å². The van der Waals surface area contributed by atoms with Gasteiger partial charge in [0.2, 0.25) is 0 Å². The van der Waals surface area contributed by atoms with Gasteiger partial charge in [-0.25, -0.2) is 9.97 Å². The molecule has 0 atom stereocenters. The number of carbonyl (C=O) groups excluding carboxylic acids is 1. The maximum Gasteiger partial charge on any atom is 0.168 e. The van der Waals surface area contributed by atoms with E-state index >= 15 is 0 Å². The van der Waals surface area contributed by atoms with Crippen LogP contribution in [0.25, 0.3) is 0 Å². The van der Waals surface area contributed by atoms with Gasteiger partial charge in [0, 0.05) is 19.3 Å². The SMILES string of the molecule is O=Cc1ccnc(CN2CCOCC2)n1. The van der Waals surface area contributed by atoms with Crippen molar-refractivity contribution in [2.45, 2.75) is 6.54 Å². The van der Waals surface area contributed by atoms with Crippen molar-refractivity contribution in [3.05, 3.63) is 23.8 Å². The number of aldehydes is 1. The molecule has 5 nitrogen and oxygen atoms in total. The van der Waals surface area contributed by atoms with Crippen molar-refractivity contribution in [1.29, 1.82) is 0 Å². The first kappa shape index (κ1) is 10.2. The molecule has 0 unspecified atom stereocenters. The largest absolute Gasteiger partial charge is 0.379 e. The van der Waals surface area contributed by atoms with Gasteiger partial charge < -0.3 is 4.74 Å². The third-order valence-corrected chi connectivity index (χ3v) is 2.32. The zero-order chi connectivity index (χ0) is 10.5. The fraction of sp³-hybridized carbons (Fsp3) is 0.500. The summed E-state index contributed by atoms with van der Waals surface area (Å²) in [7, 11) is 0. The van der Waals surface area contributed by atoms with E-state index in [9.17, 15) is 4.79 Å². The summed E-state index contributed by atoms with van der Waals surface area (Å²) in [6, 6.07) is 1.61. The number of carbonyl (C=O) groups is 1. The molecular formula is C10H13N3O2. The van der Waals surface area contributed by atoms with E-state index < -0.39 is 0 Å². The average Bonchev–Trinajstić information content (AvgIpc) is 2.31. The van der Waals surface area contributed by atoms with Gasteiger partial charge in [-0.3, -0.25) is 9.69 Å². The second-order valence-electron chi connectivity index (χ2n) is 3.40. The number of morpholine rings is 1. The van der Waals surface area contributed by atoms with Crippen molar-refractivity contribution in [2.75, 3.05) is 26.3 Å². The summed E-state index contributed by atoms with van der Waals surface area (Å²) in [6.07, 6.45) is 2.36. The molecule has 80 valence electrons. The first-order chi connectivity index (χ1) is 7.38. The zero-order valence-electron chi connectivity index (χ0n) is 8.43. The third-order valence-electron chi connectivity index (χ3n) is 2.32. The molecule has 2 heterocycles. The molecule has 2 rings (SSSR count). The molecule has 1 aliphatic heterocycles. The summed E-state index contributed by atoms with van der Waals surface area (Å²) < 4.78 is 5.24. The quantitative estimate of drug-likeness (QED) is 0.659. The fourth-order valence-electron chi connectivity index (χ4n) is 1.52. The van der Waals surface area contributed by atoms with Gasteiger partial charge in [0.05, 0.1) is 19.8 Å². The van der Waals surface area contributed by atoms with Crippen molar-refractivity contribution in [2.24, 2.45) is 0 Å². The van der Waals surface area contributed by atoms with Crippen molar-refractivity contribution in [3.8, 4) is 0 Å². The minimum atomic E-state index is 0.438. The lowest BCUT2D eigenvalue weighted by atomic mass is 10.4. The van der Waals surface area contributed by atoms with Gasteiger partial charge in [-0.2, -0.15) is 0 Å². The van der Waals surface area contributed by atoms with Crippen LogP contribution in [0.4, 0.5) is 0 Å². The van der Waals surface area contributed by atoms with Crippen molar-refractivity contribution < 1.29 is 9.53 Å². The number of rotatable bonds is 3. The van der Waals surface area contributed by atoms with E-state index in [4.69, 9.17) is 4.74 Å². The van der Waals surface area contributed by atoms with Crippen LogP contribution in [-0.4, -0.2) is 47.5 Å². The Morgan fingerprint density at radius 3 is 3.00 bits per heavy atom. The molecule has 0 saturated carbocycles. The van der Waals surface area contributed by atoms with E-state index in [1.165, 1.54) is 0 Å². The molecule has 0 aliphatic carbocycles. The molecule has 1 aliphatic rings. The summed E-state index contributed by atoms with van der Waals surface area (Å²) >= 11 is 0. The fourth-order valence-corrected chi connectivity index (χ4v) is 1.52. The van der Waals surface area contributed by atoms with Crippen LogP contribution < -0.4 is 0 Å². The molecule has 1 fully saturated rings. The van der Waals surface area contributed by atoms with Crippen LogP contribution >= 0.6 is 0 Å². The van der Waals surface area contributed by atoms with Gasteiger partial charge >= 0.3 is 0 Å². The normalized spacial score (nSPS) is 17.6. The summed E-state index contributed by atoms with van der Waals surface area (Å²) in [4.78, 5) is 21.0. The minimum Gasteiger partial charge on any atom is -0.379 e. The Morgan fingerprint density at radius 1 is 1.47 bits per heavy atom. The maximum atomic E-state index is 10.5. The molecule has 0 radical (unpaired) electrons. The Balaban J connectivity index is 1.99. The molecule has 0 aromatic carbocycles. The van der Waals surface area contributed by atoms with Crippen LogP contribution in [0.5, 0.6) is 0 Å². The molecular weight excluding hydrogens is 194 g/mol. The summed E-state index contributed by atoms with van der Waals surface area (Å²) in [6.45, 7) is 4.00. The van der Waals surface area contributed by atoms with Crippen LogP contribution in [-0.2, 0) is 11.3 Å². The highest BCUT2D eigenvalue weighted by molar-refractivity contribution is 5.71. The van der Waals surface area contributed by atoms with Crippen LogP contribution in [0.1, 0.15) is 16.3 Å². The molecule has 1 saturated heterocycles. The zero-order valence-corrected chi connectivity index (χ0v) is 8.43. The Labute approximate surface area is 88.1 Å². The number of nitrogens with zero attached hydrogens (tertiary/aromatic N) is 3. The van der Waals surface area contributed by atoms with E-state index in [0.717, 1.165) is 32.6 Å². The molecule has 5 heteroatoms.